The van der Waals surface area contributed by atoms with Crippen LogP contribution in [-0.2, 0) is 6.42 Å². The molecule has 0 N–H and O–H groups in total. The summed E-state index contributed by atoms with van der Waals surface area (Å²) in [5, 5.41) is 0. The van der Waals surface area contributed by atoms with Gasteiger partial charge in [-0.3, -0.25) is 4.79 Å². The minimum atomic E-state index is 0.178. The quantitative estimate of drug-likeness (QED) is 0.566. The molecular weight excluding hydrogens is 148 g/mol. The van der Waals surface area contributed by atoms with Crippen molar-refractivity contribution in [1.29, 1.82) is 0 Å². The number of hydrogen-bond acceptors (Lipinski definition) is 1. The molecule has 1 aliphatic carbocycles. The molecule has 0 bridgehead atoms. The van der Waals surface area contributed by atoms with Gasteiger partial charge >= 0.3 is 0 Å². The van der Waals surface area contributed by atoms with Gasteiger partial charge in [0.2, 0.25) is 0 Å². The number of hydrogen-bond donors (Lipinski definition) is 0. The molecule has 12 heavy (non-hydrogen) atoms. The third kappa shape index (κ3) is 0.981. The van der Waals surface area contributed by atoms with Crippen LogP contribution < -0.4 is 0 Å². The van der Waals surface area contributed by atoms with Crippen LogP contribution in [0.2, 0.25) is 0 Å². The number of Topliss-reactive ketones (excluding diaryl/α,β-unsaturated/α-hetero) is 1. The highest BCUT2D eigenvalue weighted by molar-refractivity contribution is 6.10. The summed E-state index contributed by atoms with van der Waals surface area (Å²) in [5.74, 6) is 0.178. The van der Waals surface area contributed by atoms with Crippen molar-refractivity contribution in [2.45, 2.75) is 13.3 Å². The SMILES string of the molecule is CC1=CCc2ccccc2C1=O. The Morgan fingerprint density at radius 1 is 1.25 bits per heavy atom. The largest absolute Gasteiger partial charge is 0.289 e. The van der Waals surface area contributed by atoms with Crippen molar-refractivity contribution < 1.29 is 4.79 Å². The summed E-state index contributed by atoms with van der Waals surface area (Å²) in [6.07, 6.45) is 2.89. The van der Waals surface area contributed by atoms with Gasteiger partial charge in [-0.15, -0.1) is 0 Å². The van der Waals surface area contributed by atoms with Gasteiger partial charge in [0.25, 0.3) is 0 Å². The first-order valence-electron chi connectivity index (χ1n) is 4.08. The molecule has 60 valence electrons. The Morgan fingerprint density at radius 3 is 2.83 bits per heavy atom. The fourth-order valence-electron chi connectivity index (χ4n) is 1.49. The van der Waals surface area contributed by atoms with Crippen molar-refractivity contribution in [2.24, 2.45) is 0 Å². The molecule has 0 fully saturated rings. The summed E-state index contributed by atoms with van der Waals surface area (Å²) in [6, 6.07) is 7.79. The molecule has 0 amide bonds. The fraction of sp³-hybridized carbons (Fsp3) is 0.182. The Bertz CT molecular complexity index is 361. The Morgan fingerprint density at radius 2 is 2.00 bits per heavy atom. The average molecular weight is 158 g/mol. The Labute approximate surface area is 71.7 Å². The third-order valence-electron chi connectivity index (χ3n) is 2.25. The summed E-state index contributed by atoms with van der Waals surface area (Å²) in [4.78, 5) is 11.5. The maximum absolute atomic E-state index is 11.5. The number of fused-ring (bicyclic) bond motifs is 1. The summed E-state index contributed by atoms with van der Waals surface area (Å²) >= 11 is 0. The molecule has 0 unspecified atom stereocenters. The van der Waals surface area contributed by atoms with Gasteiger partial charge in [-0.1, -0.05) is 30.3 Å². The normalized spacial score (nSPS) is 15.4. The van der Waals surface area contributed by atoms with Crippen LogP contribution >= 0.6 is 0 Å². The molecule has 0 aromatic heterocycles. The second kappa shape index (κ2) is 2.59. The summed E-state index contributed by atoms with van der Waals surface area (Å²) in [7, 11) is 0. The van der Waals surface area contributed by atoms with Gasteiger partial charge in [0.05, 0.1) is 0 Å². The van der Waals surface area contributed by atoms with Crippen LogP contribution in [0.1, 0.15) is 22.8 Å². The lowest BCUT2D eigenvalue weighted by molar-refractivity contribution is 0.103. The second-order valence-electron chi connectivity index (χ2n) is 3.08. The van der Waals surface area contributed by atoms with E-state index >= 15 is 0 Å². The highest BCUT2D eigenvalue weighted by atomic mass is 16.1. The van der Waals surface area contributed by atoms with E-state index in [1.54, 1.807) is 0 Å². The van der Waals surface area contributed by atoms with E-state index in [2.05, 4.69) is 0 Å². The Hall–Kier alpha value is -1.37. The number of rotatable bonds is 0. The van der Waals surface area contributed by atoms with E-state index in [1.165, 1.54) is 0 Å². The number of benzene rings is 1. The monoisotopic (exact) mass is 158 g/mol. The molecule has 1 heteroatoms. The summed E-state index contributed by atoms with van der Waals surface area (Å²) in [5.41, 5.74) is 2.89. The van der Waals surface area contributed by atoms with Crippen LogP contribution in [0.25, 0.3) is 0 Å². The summed E-state index contributed by atoms with van der Waals surface area (Å²) in [6.45, 7) is 1.87. The molecule has 0 heterocycles. The van der Waals surface area contributed by atoms with Crippen LogP contribution in [0.15, 0.2) is 35.9 Å². The predicted molar refractivity (Wildman–Crippen MR) is 48.2 cm³/mol. The van der Waals surface area contributed by atoms with Crippen molar-refractivity contribution >= 4 is 5.78 Å². The van der Waals surface area contributed by atoms with E-state index in [0.29, 0.717) is 0 Å². The van der Waals surface area contributed by atoms with Crippen LogP contribution in [0.4, 0.5) is 0 Å². The standard InChI is InChI=1S/C11H10O/c1-8-6-7-9-4-2-3-5-10(9)11(8)12/h2-6H,7H2,1H3. The van der Waals surface area contributed by atoms with Gasteiger partial charge in [0.15, 0.2) is 5.78 Å². The van der Waals surface area contributed by atoms with E-state index in [1.807, 2.05) is 37.3 Å². The third-order valence-corrected chi connectivity index (χ3v) is 2.25. The Kier molecular flexibility index (Phi) is 1.58. The minimum absolute atomic E-state index is 0.178. The molecule has 1 nitrogen and oxygen atoms in total. The second-order valence-corrected chi connectivity index (χ2v) is 3.08. The topological polar surface area (TPSA) is 17.1 Å². The molecule has 1 aromatic rings. The fourth-order valence-corrected chi connectivity index (χ4v) is 1.49. The lowest BCUT2D eigenvalue weighted by atomic mass is 9.91. The first-order chi connectivity index (χ1) is 5.79. The molecular formula is C11H10O. The molecule has 0 spiro atoms. The smallest absolute Gasteiger partial charge is 0.188 e. The van der Waals surface area contributed by atoms with Crippen molar-refractivity contribution in [3.05, 3.63) is 47.0 Å². The van der Waals surface area contributed by atoms with E-state index in [-0.39, 0.29) is 5.78 Å². The highest BCUT2D eigenvalue weighted by Crippen LogP contribution is 2.19. The van der Waals surface area contributed by atoms with Crippen molar-refractivity contribution in [2.75, 3.05) is 0 Å². The molecule has 1 aromatic carbocycles. The van der Waals surface area contributed by atoms with Crippen molar-refractivity contribution in [1.82, 2.24) is 0 Å². The maximum Gasteiger partial charge on any atom is 0.188 e. The molecule has 2 rings (SSSR count). The number of ketones is 1. The minimum Gasteiger partial charge on any atom is -0.289 e. The zero-order chi connectivity index (χ0) is 8.55. The van der Waals surface area contributed by atoms with Gasteiger partial charge in [-0.2, -0.15) is 0 Å². The molecule has 0 saturated carbocycles. The van der Waals surface area contributed by atoms with Crippen LogP contribution in [0.3, 0.4) is 0 Å². The maximum atomic E-state index is 11.5. The zero-order valence-electron chi connectivity index (χ0n) is 7.00. The molecule has 1 aliphatic rings. The highest BCUT2D eigenvalue weighted by Gasteiger charge is 2.15. The predicted octanol–water partition coefficient (Wildman–Crippen LogP) is 2.37. The van der Waals surface area contributed by atoms with Crippen molar-refractivity contribution in [3.8, 4) is 0 Å². The number of carbonyl (C=O) groups excluding carboxylic acids is 1. The molecule has 0 aliphatic heterocycles. The van der Waals surface area contributed by atoms with Gasteiger partial charge in [-0.25, -0.2) is 0 Å². The van der Waals surface area contributed by atoms with Crippen molar-refractivity contribution in [3.63, 3.8) is 0 Å². The van der Waals surface area contributed by atoms with Crippen LogP contribution in [0.5, 0.6) is 0 Å². The molecule has 0 saturated heterocycles. The Balaban J connectivity index is 2.57. The van der Waals surface area contributed by atoms with E-state index in [0.717, 1.165) is 23.1 Å². The summed E-state index contributed by atoms with van der Waals surface area (Å²) < 4.78 is 0. The van der Waals surface area contributed by atoms with E-state index < -0.39 is 0 Å². The van der Waals surface area contributed by atoms with E-state index in [9.17, 15) is 4.79 Å². The van der Waals surface area contributed by atoms with Gasteiger partial charge < -0.3 is 0 Å². The van der Waals surface area contributed by atoms with Gasteiger partial charge in [0.1, 0.15) is 0 Å². The first kappa shape index (κ1) is 7.29. The first-order valence-corrected chi connectivity index (χ1v) is 4.08. The van der Waals surface area contributed by atoms with Crippen LogP contribution in [0, 0.1) is 0 Å². The van der Waals surface area contributed by atoms with Gasteiger partial charge in [0, 0.05) is 5.56 Å². The molecule has 0 radical (unpaired) electrons. The van der Waals surface area contributed by atoms with Crippen LogP contribution in [-0.4, -0.2) is 5.78 Å². The number of carbonyl (C=O) groups is 1. The molecule has 0 atom stereocenters. The zero-order valence-corrected chi connectivity index (χ0v) is 7.00. The lowest BCUT2D eigenvalue weighted by Gasteiger charge is -2.12. The lowest BCUT2D eigenvalue weighted by Crippen LogP contribution is -2.09. The average Bonchev–Trinajstić information content (AvgIpc) is 2.12. The van der Waals surface area contributed by atoms with E-state index in [4.69, 9.17) is 0 Å². The number of allylic oxidation sites excluding steroid dienone is 2. The van der Waals surface area contributed by atoms with Gasteiger partial charge in [-0.05, 0) is 24.5 Å².